The molecule has 2 fully saturated rings. The lowest BCUT2D eigenvalue weighted by Gasteiger charge is -2.30. The summed E-state index contributed by atoms with van der Waals surface area (Å²) >= 11 is 0. The second-order valence-electron chi connectivity index (χ2n) is 6.12. The maximum atomic E-state index is 12.4. The molecular weight excluding hydrogens is 244 g/mol. The Balaban J connectivity index is 1.89. The first-order valence-corrected chi connectivity index (χ1v) is 7.24. The molecule has 0 aromatic rings. The molecule has 0 unspecified atom stereocenters. The smallest absolute Gasteiger partial charge is 0.308 e. The lowest BCUT2D eigenvalue weighted by Crippen LogP contribution is -2.37. The molecule has 2 aliphatic rings. The van der Waals surface area contributed by atoms with Crippen LogP contribution in [0.5, 0.6) is 0 Å². The Hall–Kier alpha value is -1.10. The Kier molecular flexibility index (Phi) is 4.45. The van der Waals surface area contributed by atoms with Gasteiger partial charge in [0, 0.05) is 19.0 Å². The van der Waals surface area contributed by atoms with E-state index in [0.29, 0.717) is 25.6 Å². The summed E-state index contributed by atoms with van der Waals surface area (Å²) < 4.78 is 0. The van der Waals surface area contributed by atoms with Crippen molar-refractivity contribution >= 4 is 11.9 Å². The van der Waals surface area contributed by atoms with Gasteiger partial charge in [-0.15, -0.1) is 0 Å². The molecule has 1 saturated carbocycles. The van der Waals surface area contributed by atoms with Crippen molar-refractivity contribution < 1.29 is 14.7 Å². The molecule has 1 aliphatic heterocycles. The average Bonchev–Trinajstić information content (AvgIpc) is 2.80. The van der Waals surface area contributed by atoms with Crippen molar-refractivity contribution in [3.8, 4) is 0 Å². The van der Waals surface area contributed by atoms with Crippen LogP contribution >= 0.6 is 0 Å². The Bertz CT molecular complexity index is 351. The van der Waals surface area contributed by atoms with Crippen LogP contribution in [0.4, 0.5) is 0 Å². The van der Waals surface area contributed by atoms with Crippen LogP contribution in [0.15, 0.2) is 0 Å². The van der Waals surface area contributed by atoms with E-state index < -0.39 is 11.9 Å². The van der Waals surface area contributed by atoms with E-state index in [1.807, 2.05) is 6.92 Å². The zero-order valence-electron chi connectivity index (χ0n) is 11.5. The highest BCUT2D eigenvalue weighted by Gasteiger charge is 2.39. The Labute approximate surface area is 114 Å². The van der Waals surface area contributed by atoms with Crippen molar-refractivity contribution in [3.05, 3.63) is 0 Å². The monoisotopic (exact) mass is 268 g/mol. The first-order valence-electron chi connectivity index (χ1n) is 7.24. The predicted octanol–water partition coefficient (Wildman–Crippen LogP) is 0.931. The normalized spacial score (nSPS) is 35.4. The topological polar surface area (TPSA) is 83.6 Å². The molecule has 0 aromatic carbocycles. The lowest BCUT2D eigenvalue weighted by molar-refractivity contribution is -0.142. The fourth-order valence-electron chi connectivity index (χ4n) is 3.37. The van der Waals surface area contributed by atoms with E-state index in [1.54, 1.807) is 4.90 Å². The zero-order chi connectivity index (χ0) is 14.0. The number of carboxylic acid groups (broad SMARTS) is 1. The Morgan fingerprint density at radius 3 is 2.32 bits per heavy atom. The molecule has 2 rings (SSSR count). The van der Waals surface area contributed by atoms with Crippen LogP contribution in [-0.4, -0.2) is 41.5 Å². The van der Waals surface area contributed by atoms with Gasteiger partial charge in [0.2, 0.25) is 5.91 Å². The predicted molar refractivity (Wildman–Crippen MR) is 71.4 cm³/mol. The van der Waals surface area contributed by atoms with Crippen LogP contribution in [-0.2, 0) is 9.59 Å². The number of aliphatic carboxylic acids is 1. The molecule has 5 heteroatoms. The number of hydrogen-bond donors (Lipinski definition) is 2. The van der Waals surface area contributed by atoms with Crippen molar-refractivity contribution in [2.75, 3.05) is 19.6 Å². The standard InChI is InChI=1S/C14H24N2O3/c1-9-7-16(8-12(9)14(18)19)13(17)11-4-2-10(6-15)3-5-11/h9-12H,2-8,15H2,1H3,(H,18,19)/t9-,10?,11?,12-/m1/s1. The molecule has 0 spiro atoms. The fraction of sp³-hybridized carbons (Fsp3) is 0.857. The molecule has 19 heavy (non-hydrogen) atoms. The van der Waals surface area contributed by atoms with Crippen LogP contribution < -0.4 is 5.73 Å². The lowest BCUT2D eigenvalue weighted by atomic mass is 9.81. The maximum Gasteiger partial charge on any atom is 0.308 e. The molecule has 0 radical (unpaired) electrons. The minimum atomic E-state index is -0.783. The van der Waals surface area contributed by atoms with E-state index in [9.17, 15) is 9.59 Å². The van der Waals surface area contributed by atoms with Gasteiger partial charge in [0.15, 0.2) is 0 Å². The molecule has 0 bridgehead atoms. The van der Waals surface area contributed by atoms with Gasteiger partial charge in [-0.25, -0.2) is 0 Å². The molecule has 1 saturated heterocycles. The Morgan fingerprint density at radius 2 is 1.84 bits per heavy atom. The molecular formula is C14H24N2O3. The summed E-state index contributed by atoms with van der Waals surface area (Å²) in [6.45, 7) is 3.60. The third-order valence-corrected chi connectivity index (χ3v) is 4.77. The number of hydrogen-bond acceptors (Lipinski definition) is 3. The molecule has 1 aliphatic carbocycles. The number of carbonyl (C=O) groups is 2. The first-order chi connectivity index (χ1) is 9.02. The van der Waals surface area contributed by atoms with E-state index in [4.69, 9.17) is 10.8 Å². The van der Waals surface area contributed by atoms with Crippen molar-refractivity contribution in [1.29, 1.82) is 0 Å². The third kappa shape index (κ3) is 3.08. The van der Waals surface area contributed by atoms with Gasteiger partial charge in [0.25, 0.3) is 0 Å². The van der Waals surface area contributed by atoms with E-state index in [2.05, 4.69) is 0 Å². The van der Waals surface area contributed by atoms with Gasteiger partial charge < -0.3 is 15.7 Å². The molecule has 2 atom stereocenters. The number of likely N-dealkylation sites (tertiary alicyclic amines) is 1. The van der Waals surface area contributed by atoms with Crippen molar-refractivity contribution in [3.63, 3.8) is 0 Å². The van der Waals surface area contributed by atoms with Crippen molar-refractivity contribution in [2.45, 2.75) is 32.6 Å². The van der Waals surface area contributed by atoms with Gasteiger partial charge in [-0.05, 0) is 44.1 Å². The van der Waals surface area contributed by atoms with Crippen LogP contribution in [0.3, 0.4) is 0 Å². The SMILES string of the molecule is C[C@@H]1CN(C(=O)C2CCC(CN)CC2)C[C@H]1C(=O)O. The van der Waals surface area contributed by atoms with Gasteiger partial charge in [0.05, 0.1) is 5.92 Å². The number of carbonyl (C=O) groups excluding carboxylic acids is 1. The quantitative estimate of drug-likeness (QED) is 0.797. The number of nitrogens with zero attached hydrogens (tertiary/aromatic N) is 1. The second-order valence-corrected chi connectivity index (χ2v) is 6.12. The summed E-state index contributed by atoms with van der Waals surface area (Å²) in [4.78, 5) is 25.3. The first kappa shape index (κ1) is 14.3. The summed E-state index contributed by atoms with van der Waals surface area (Å²) in [5.41, 5.74) is 5.66. The average molecular weight is 268 g/mol. The van der Waals surface area contributed by atoms with E-state index in [-0.39, 0.29) is 17.7 Å². The van der Waals surface area contributed by atoms with Crippen molar-refractivity contribution in [1.82, 2.24) is 4.90 Å². The minimum absolute atomic E-state index is 0.0573. The van der Waals surface area contributed by atoms with Gasteiger partial charge in [-0.1, -0.05) is 6.92 Å². The summed E-state index contributed by atoms with van der Waals surface area (Å²) in [6.07, 6.45) is 3.87. The third-order valence-electron chi connectivity index (χ3n) is 4.77. The summed E-state index contributed by atoms with van der Waals surface area (Å²) in [5, 5.41) is 9.11. The van der Waals surface area contributed by atoms with Gasteiger partial charge in [0.1, 0.15) is 0 Å². The minimum Gasteiger partial charge on any atom is -0.481 e. The summed E-state index contributed by atoms with van der Waals surface area (Å²) in [6, 6.07) is 0. The van der Waals surface area contributed by atoms with Crippen LogP contribution in [0, 0.1) is 23.7 Å². The van der Waals surface area contributed by atoms with Crippen LogP contribution in [0.25, 0.3) is 0 Å². The molecule has 1 heterocycles. The van der Waals surface area contributed by atoms with E-state index >= 15 is 0 Å². The van der Waals surface area contributed by atoms with Gasteiger partial charge in [-0.3, -0.25) is 9.59 Å². The highest BCUT2D eigenvalue weighted by molar-refractivity contribution is 5.81. The highest BCUT2D eigenvalue weighted by atomic mass is 16.4. The van der Waals surface area contributed by atoms with Crippen molar-refractivity contribution in [2.24, 2.45) is 29.4 Å². The van der Waals surface area contributed by atoms with Gasteiger partial charge in [-0.2, -0.15) is 0 Å². The maximum absolute atomic E-state index is 12.4. The zero-order valence-corrected chi connectivity index (χ0v) is 11.5. The summed E-state index contributed by atoms with van der Waals surface area (Å²) in [7, 11) is 0. The Morgan fingerprint density at radius 1 is 1.21 bits per heavy atom. The van der Waals surface area contributed by atoms with Gasteiger partial charge >= 0.3 is 5.97 Å². The van der Waals surface area contributed by atoms with Crippen LogP contribution in [0.2, 0.25) is 0 Å². The fourth-order valence-corrected chi connectivity index (χ4v) is 3.37. The summed E-state index contributed by atoms with van der Waals surface area (Å²) in [5.74, 6) is -0.317. The van der Waals surface area contributed by atoms with Crippen LogP contribution in [0.1, 0.15) is 32.6 Å². The molecule has 1 amide bonds. The molecule has 108 valence electrons. The number of rotatable bonds is 3. The van der Waals surface area contributed by atoms with E-state index in [0.717, 1.165) is 25.7 Å². The molecule has 5 nitrogen and oxygen atoms in total. The van der Waals surface area contributed by atoms with E-state index in [1.165, 1.54) is 0 Å². The number of carboxylic acids is 1. The molecule has 0 aromatic heterocycles. The molecule has 3 N–H and O–H groups in total. The second kappa shape index (κ2) is 5.90. The number of nitrogens with two attached hydrogens (primary N) is 1. The largest absolute Gasteiger partial charge is 0.481 e. The number of amides is 1. The highest BCUT2D eigenvalue weighted by Crippen LogP contribution is 2.32.